The van der Waals surface area contributed by atoms with E-state index < -0.39 is 0 Å². The molecule has 2 aromatic carbocycles. The molecule has 0 radical (unpaired) electrons. The smallest absolute Gasteiger partial charge is 0.244 e. The number of nitrogens with zero attached hydrogens (tertiary/aromatic N) is 3. The van der Waals surface area contributed by atoms with Gasteiger partial charge in [-0.25, -0.2) is 10.4 Å². The van der Waals surface area contributed by atoms with E-state index in [1.54, 1.807) is 12.5 Å². The molecule has 122 valence electrons. The predicted octanol–water partition coefficient (Wildman–Crippen LogP) is 3.59. The number of benzene rings is 2. The summed E-state index contributed by atoms with van der Waals surface area (Å²) in [6.45, 7) is 2.43. The van der Waals surface area contributed by atoms with Crippen molar-refractivity contribution in [1.29, 1.82) is 0 Å². The number of nitrogens with one attached hydrogen (secondary N) is 1. The van der Waals surface area contributed by atoms with Crippen molar-refractivity contribution in [1.82, 2.24) is 15.0 Å². The Kier molecular flexibility index (Phi) is 5.05. The molecule has 1 aromatic heterocycles. The van der Waals surface area contributed by atoms with Crippen LogP contribution in [0.25, 0.3) is 11.0 Å². The molecule has 0 fully saturated rings. The summed E-state index contributed by atoms with van der Waals surface area (Å²) >= 11 is 3.38. The van der Waals surface area contributed by atoms with Crippen LogP contribution in [0.15, 0.2) is 64.4 Å². The average Bonchev–Trinajstić information content (AvgIpc) is 3.00. The fourth-order valence-corrected chi connectivity index (χ4v) is 2.63. The van der Waals surface area contributed by atoms with Gasteiger partial charge in [0.1, 0.15) is 0 Å². The van der Waals surface area contributed by atoms with E-state index in [4.69, 9.17) is 0 Å². The van der Waals surface area contributed by atoms with E-state index in [1.807, 2.05) is 60.0 Å². The van der Waals surface area contributed by atoms with E-state index >= 15 is 0 Å². The summed E-state index contributed by atoms with van der Waals surface area (Å²) in [6, 6.07) is 15.6. The Hall–Kier alpha value is -2.47. The lowest BCUT2D eigenvalue weighted by molar-refractivity contribution is -0.124. The van der Waals surface area contributed by atoms with E-state index in [2.05, 4.69) is 31.4 Å². The van der Waals surface area contributed by atoms with Crippen LogP contribution in [0.2, 0.25) is 0 Å². The molecule has 1 heterocycles. The fraction of sp³-hybridized carbons (Fsp3) is 0.167. The first kappa shape index (κ1) is 16.4. The van der Waals surface area contributed by atoms with Crippen LogP contribution >= 0.6 is 15.9 Å². The molecule has 1 unspecified atom stereocenters. The number of amides is 1. The van der Waals surface area contributed by atoms with Crippen LogP contribution < -0.4 is 5.43 Å². The molecule has 3 rings (SSSR count). The van der Waals surface area contributed by atoms with Crippen molar-refractivity contribution in [2.24, 2.45) is 11.0 Å². The van der Waals surface area contributed by atoms with Crippen molar-refractivity contribution in [2.45, 2.75) is 13.5 Å². The molecule has 0 bridgehead atoms. The van der Waals surface area contributed by atoms with Gasteiger partial charge in [-0.05, 0) is 29.8 Å². The van der Waals surface area contributed by atoms with Crippen LogP contribution in [-0.2, 0) is 11.3 Å². The minimum Gasteiger partial charge on any atom is -0.330 e. The lowest BCUT2D eigenvalue weighted by atomic mass is 10.1. The van der Waals surface area contributed by atoms with Gasteiger partial charge in [0.15, 0.2) is 0 Å². The van der Waals surface area contributed by atoms with Gasteiger partial charge in [0.25, 0.3) is 0 Å². The van der Waals surface area contributed by atoms with Crippen LogP contribution in [0.3, 0.4) is 0 Å². The predicted molar refractivity (Wildman–Crippen MR) is 98.8 cm³/mol. The molecular formula is C18H17BrN4O. The van der Waals surface area contributed by atoms with Gasteiger partial charge in [-0.2, -0.15) is 5.10 Å². The Morgan fingerprint density at radius 2 is 2.04 bits per heavy atom. The molecule has 3 aromatic rings. The Morgan fingerprint density at radius 1 is 1.29 bits per heavy atom. The zero-order chi connectivity index (χ0) is 16.9. The molecule has 24 heavy (non-hydrogen) atoms. The highest BCUT2D eigenvalue weighted by molar-refractivity contribution is 9.10. The molecular weight excluding hydrogens is 368 g/mol. The van der Waals surface area contributed by atoms with Gasteiger partial charge in [-0.15, -0.1) is 0 Å². The maximum absolute atomic E-state index is 12.2. The molecule has 5 nitrogen and oxygen atoms in total. The monoisotopic (exact) mass is 384 g/mol. The van der Waals surface area contributed by atoms with Gasteiger partial charge in [-0.1, -0.05) is 47.1 Å². The van der Waals surface area contributed by atoms with E-state index in [9.17, 15) is 4.79 Å². The molecule has 0 saturated heterocycles. The molecule has 1 N–H and O–H groups in total. The lowest BCUT2D eigenvalue weighted by Crippen LogP contribution is -2.27. The number of rotatable bonds is 5. The van der Waals surface area contributed by atoms with E-state index in [0.29, 0.717) is 6.54 Å². The average molecular weight is 385 g/mol. The molecule has 1 amide bonds. The van der Waals surface area contributed by atoms with Gasteiger partial charge in [0, 0.05) is 11.0 Å². The fourth-order valence-electron chi connectivity index (χ4n) is 2.36. The van der Waals surface area contributed by atoms with Crippen LogP contribution in [0.4, 0.5) is 0 Å². The quantitative estimate of drug-likeness (QED) is 0.539. The zero-order valence-corrected chi connectivity index (χ0v) is 14.8. The summed E-state index contributed by atoms with van der Waals surface area (Å²) in [5.41, 5.74) is 5.47. The number of imidazole rings is 1. The SMILES string of the molecule is CC(Cn1cnc2ccccc21)C(=O)N/N=C/c1ccc(Br)cc1. The highest BCUT2D eigenvalue weighted by atomic mass is 79.9. The van der Waals surface area contributed by atoms with Gasteiger partial charge in [0.2, 0.25) is 5.91 Å². The van der Waals surface area contributed by atoms with Gasteiger partial charge >= 0.3 is 0 Å². The Balaban J connectivity index is 1.59. The number of carbonyl (C=O) groups excluding carboxylic acids is 1. The van der Waals surface area contributed by atoms with Crippen molar-refractivity contribution in [3.63, 3.8) is 0 Å². The molecule has 0 aliphatic rings. The van der Waals surface area contributed by atoms with E-state index in [0.717, 1.165) is 21.1 Å². The minimum absolute atomic E-state index is 0.124. The lowest BCUT2D eigenvalue weighted by Gasteiger charge is -2.11. The highest BCUT2D eigenvalue weighted by Crippen LogP contribution is 2.14. The summed E-state index contributed by atoms with van der Waals surface area (Å²) in [5, 5.41) is 4.02. The first-order valence-corrected chi connectivity index (χ1v) is 8.41. The molecule has 0 spiro atoms. The normalized spacial score (nSPS) is 12.6. The summed E-state index contributed by atoms with van der Waals surface area (Å²) in [6.07, 6.45) is 3.39. The van der Waals surface area contributed by atoms with Gasteiger partial charge in [0.05, 0.1) is 29.5 Å². The minimum atomic E-state index is -0.218. The van der Waals surface area contributed by atoms with Crippen molar-refractivity contribution < 1.29 is 4.79 Å². The van der Waals surface area contributed by atoms with Gasteiger partial charge < -0.3 is 4.57 Å². The van der Waals surface area contributed by atoms with Crippen LogP contribution in [-0.4, -0.2) is 21.7 Å². The number of halogens is 1. The number of para-hydroxylation sites is 2. The van der Waals surface area contributed by atoms with Crippen LogP contribution in [0.1, 0.15) is 12.5 Å². The van der Waals surface area contributed by atoms with Crippen LogP contribution in [0.5, 0.6) is 0 Å². The van der Waals surface area contributed by atoms with Crippen molar-refractivity contribution >= 4 is 39.1 Å². The number of hydrogen-bond acceptors (Lipinski definition) is 3. The second kappa shape index (κ2) is 7.40. The first-order valence-electron chi connectivity index (χ1n) is 7.62. The summed E-state index contributed by atoms with van der Waals surface area (Å²) in [4.78, 5) is 16.5. The maximum atomic E-state index is 12.2. The molecule has 0 aliphatic carbocycles. The third-order valence-electron chi connectivity index (χ3n) is 3.70. The third-order valence-corrected chi connectivity index (χ3v) is 4.23. The maximum Gasteiger partial charge on any atom is 0.244 e. The second-order valence-electron chi connectivity index (χ2n) is 5.57. The van der Waals surface area contributed by atoms with E-state index in [-0.39, 0.29) is 11.8 Å². The Morgan fingerprint density at radius 3 is 2.83 bits per heavy atom. The van der Waals surface area contributed by atoms with Gasteiger partial charge in [-0.3, -0.25) is 4.79 Å². The molecule has 0 aliphatic heterocycles. The zero-order valence-electron chi connectivity index (χ0n) is 13.2. The Bertz CT molecular complexity index is 870. The van der Waals surface area contributed by atoms with Crippen molar-refractivity contribution in [3.8, 4) is 0 Å². The number of hydrazone groups is 1. The number of hydrogen-bond donors (Lipinski definition) is 1. The molecule has 6 heteroatoms. The molecule has 0 saturated carbocycles. The van der Waals surface area contributed by atoms with Crippen molar-refractivity contribution in [2.75, 3.05) is 0 Å². The highest BCUT2D eigenvalue weighted by Gasteiger charge is 2.14. The second-order valence-corrected chi connectivity index (χ2v) is 6.49. The summed E-state index contributed by atoms with van der Waals surface area (Å²) < 4.78 is 2.99. The summed E-state index contributed by atoms with van der Waals surface area (Å²) in [7, 11) is 0. The summed E-state index contributed by atoms with van der Waals surface area (Å²) in [5.74, 6) is -0.342. The Labute approximate surface area is 148 Å². The topological polar surface area (TPSA) is 59.3 Å². The third kappa shape index (κ3) is 3.89. The van der Waals surface area contributed by atoms with E-state index in [1.165, 1.54) is 0 Å². The van der Waals surface area contributed by atoms with Crippen molar-refractivity contribution in [3.05, 3.63) is 64.9 Å². The largest absolute Gasteiger partial charge is 0.330 e. The van der Waals surface area contributed by atoms with Crippen LogP contribution in [0, 0.1) is 5.92 Å². The molecule has 1 atom stereocenters. The standard InChI is InChI=1S/C18H17BrN4O/c1-13(11-23-12-20-16-4-2-3-5-17(16)23)18(24)22-21-10-14-6-8-15(19)9-7-14/h2-10,12-13H,11H2,1H3,(H,22,24)/b21-10+. The number of fused-ring (bicyclic) bond motifs is 1. The number of carbonyl (C=O) groups is 1. The number of aromatic nitrogens is 2. The first-order chi connectivity index (χ1) is 11.6.